The van der Waals surface area contributed by atoms with Gasteiger partial charge >= 0.3 is 17.7 Å². The van der Waals surface area contributed by atoms with E-state index in [0.29, 0.717) is 12.8 Å². The fourth-order valence-corrected chi connectivity index (χ4v) is 4.75. The number of hydrogen-bond acceptors (Lipinski definition) is 6. The van der Waals surface area contributed by atoms with E-state index in [-0.39, 0.29) is 39.3 Å². The lowest BCUT2D eigenvalue weighted by Gasteiger charge is -2.38. The number of carboxylic acids is 1. The molecule has 12 nitrogen and oxygen atoms in total. The molecule has 1 aromatic heterocycles. The van der Waals surface area contributed by atoms with Gasteiger partial charge in [-0.2, -0.15) is 0 Å². The first-order valence-corrected chi connectivity index (χ1v) is 12.2. The van der Waals surface area contributed by atoms with E-state index in [4.69, 9.17) is 23.2 Å². The number of aliphatic carboxylic acids is 1. The van der Waals surface area contributed by atoms with Gasteiger partial charge in [0.05, 0.1) is 15.6 Å². The van der Waals surface area contributed by atoms with Crippen molar-refractivity contribution in [3.05, 3.63) is 56.1 Å². The molecule has 14 heteroatoms. The van der Waals surface area contributed by atoms with Gasteiger partial charge in [-0.15, -0.1) is 0 Å². The third-order valence-electron chi connectivity index (χ3n) is 5.82. The van der Waals surface area contributed by atoms with E-state index in [9.17, 15) is 29.1 Å². The summed E-state index contributed by atoms with van der Waals surface area (Å²) in [4.78, 5) is 67.0. The molecule has 0 spiro atoms. The van der Waals surface area contributed by atoms with Gasteiger partial charge in [-0.25, -0.2) is 19.4 Å². The number of nitrogens with one attached hydrogen (secondary N) is 5. The Bertz CT molecular complexity index is 1240. The maximum Gasteiger partial charge on any atom is 0.346 e. The molecule has 1 aliphatic carbocycles. The van der Waals surface area contributed by atoms with Crippen LogP contribution in [0.1, 0.15) is 54.9 Å². The summed E-state index contributed by atoms with van der Waals surface area (Å²) in [6.45, 7) is 1.34. The Balaban J connectivity index is 1.79. The minimum absolute atomic E-state index is 0.0440. The Morgan fingerprint density at radius 3 is 2.35 bits per heavy atom. The Hall–Kier alpha value is -3.64. The van der Waals surface area contributed by atoms with Crippen LogP contribution in [0.15, 0.2) is 29.2 Å². The van der Waals surface area contributed by atoms with E-state index < -0.39 is 35.3 Å². The number of amides is 4. The number of halogens is 2. The molecule has 1 heterocycles. The van der Waals surface area contributed by atoms with E-state index in [2.05, 4.69) is 31.2 Å². The Labute approximate surface area is 221 Å². The number of carboxylic acid groups (broad SMARTS) is 1. The number of H-pyrrole nitrogens is 1. The first-order valence-electron chi connectivity index (χ1n) is 11.4. The number of aromatic nitrogens is 2. The van der Waals surface area contributed by atoms with E-state index in [1.807, 2.05) is 0 Å². The molecule has 1 aliphatic rings. The Morgan fingerprint density at radius 1 is 1.11 bits per heavy atom. The van der Waals surface area contributed by atoms with Gasteiger partial charge in [0.15, 0.2) is 0 Å². The summed E-state index contributed by atoms with van der Waals surface area (Å²) in [5.41, 5.74) is -1.70. The van der Waals surface area contributed by atoms with Crippen LogP contribution in [-0.2, 0) is 16.0 Å². The quantitative estimate of drug-likeness (QED) is 0.271. The summed E-state index contributed by atoms with van der Waals surface area (Å²) < 4.78 is 0. The summed E-state index contributed by atoms with van der Waals surface area (Å²) in [5, 5.41) is 20.2. The number of aromatic amines is 1. The lowest BCUT2D eigenvalue weighted by atomic mass is 9.89. The number of carbonyl (C=O) groups excluding carboxylic acids is 3. The van der Waals surface area contributed by atoms with Crippen LogP contribution in [0.4, 0.5) is 10.6 Å². The molecule has 4 amide bonds. The van der Waals surface area contributed by atoms with Crippen molar-refractivity contribution < 1.29 is 24.3 Å². The monoisotopic (exact) mass is 552 g/mol. The molecule has 0 bridgehead atoms. The predicted octanol–water partition coefficient (Wildman–Crippen LogP) is 2.42. The van der Waals surface area contributed by atoms with Crippen LogP contribution in [0, 0.1) is 0 Å². The molecule has 1 fully saturated rings. The van der Waals surface area contributed by atoms with Gasteiger partial charge in [-0.1, -0.05) is 35.7 Å². The summed E-state index contributed by atoms with van der Waals surface area (Å²) in [6, 6.07) is 2.21. The van der Waals surface area contributed by atoms with Crippen molar-refractivity contribution in [3.8, 4) is 0 Å². The lowest BCUT2D eigenvalue weighted by Crippen LogP contribution is -2.64. The van der Waals surface area contributed by atoms with Crippen LogP contribution in [0.3, 0.4) is 0 Å². The van der Waals surface area contributed by atoms with Crippen LogP contribution in [-0.4, -0.2) is 50.6 Å². The fourth-order valence-electron chi connectivity index (χ4n) is 4.18. The number of anilines is 1. The fraction of sp³-hybridized carbons (Fsp3) is 0.391. The zero-order valence-corrected chi connectivity index (χ0v) is 21.3. The maximum atomic E-state index is 12.8. The molecular weight excluding hydrogens is 527 g/mol. The minimum Gasteiger partial charge on any atom is -0.480 e. The second-order valence-corrected chi connectivity index (χ2v) is 9.47. The zero-order chi connectivity index (χ0) is 27.2. The normalized spacial score (nSPS) is 15.2. The van der Waals surface area contributed by atoms with Gasteiger partial charge in [0.25, 0.3) is 5.91 Å². The summed E-state index contributed by atoms with van der Waals surface area (Å²) in [5.74, 6) is -2.57. The van der Waals surface area contributed by atoms with E-state index in [1.54, 1.807) is 6.07 Å². The molecule has 37 heavy (non-hydrogen) atoms. The largest absolute Gasteiger partial charge is 0.480 e. The highest BCUT2D eigenvalue weighted by Crippen LogP contribution is 2.27. The van der Waals surface area contributed by atoms with Gasteiger partial charge in [-0.05, 0) is 37.8 Å². The molecule has 3 rings (SSSR count). The molecule has 1 saturated carbocycles. The molecule has 2 aromatic rings. The highest BCUT2D eigenvalue weighted by Gasteiger charge is 2.35. The summed E-state index contributed by atoms with van der Waals surface area (Å²) >= 11 is 12.2. The molecule has 0 saturated heterocycles. The zero-order valence-electron chi connectivity index (χ0n) is 19.8. The molecule has 0 radical (unpaired) electrons. The minimum atomic E-state index is -1.47. The number of nitrogens with zero attached hydrogens (tertiary/aromatic N) is 1. The van der Waals surface area contributed by atoms with Crippen molar-refractivity contribution in [1.82, 2.24) is 25.9 Å². The Morgan fingerprint density at radius 2 is 1.76 bits per heavy atom. The molecule has 1 atom stereocenters. The molecule has 6 N–H and O–H groups in total. The van der Waals surface area contributed by atoms with Gasteiger partial charge in [0, 0.05) is 25.1 Å². The molecule has 0 aliphatic heterocycles. The molecule has 198 valence electrons. The second kappa shape index (κ2) is 12.1. The highest BCUT2D eigenvalue weighted by atomic mass is 35.5. The van der Waals surface area contributed by atoms with Crippen LogP contribution >= 0.6 is 23.2 Å². The van der Waals surface area contributed by atoms with Gasteiger partial charge in [-0.3, -0.25) is 14.6 Å². The van der Waals surface area contributed by atoms with Crippen molar-refractivity contribution in [1.29, 1.82) is 0 Å². The van der Waals surface area contributed by atoms with Crippen molar-refractivity contribution in [2.24, 2.45) is 0 Å². The number of hydrogen-bond donors (Lipinski definition) is 6. The smallest absolute Gasteiger partial charge is 0.346 e. The van der Waals surface area contributed by atoms with Crippen molar-refractivity contribution >= 4 is 52.8 Å². The predicted molar refractivity (Wildman–Crippen MR) is 136 cm³/mol. The van der Waals surface area contributed by atoms with Gasteiger partial charge in [0.2, 0.25) is 5.91 Å². The highest BCUT2D eigenvalue weighted by molar-refractivity contribution is 6.40. The van der Waals surface area contributed by atoms with Crippen LogP contribution in [0.2, 0.25) is 10.0 Å². The average Bonchev–Trinajstić information content (AvgIpc) is 2.80. The number of carbonyl (C=O) groups is 4. The van der Waals surface area contributed by atoms with Gasteiger partial charge < -0.3 is 26.4 Å². The van der Waals surface area contributed by atoms with Crippen molar-refractivity contribution in [2.75, 3.05) is 5.32 Å². The van der Waals surface area contributed by atoms with Crippen LogP contribution in [0.5, 0.6) is 0 Å². The topological polar surface area (TPSA) is 182 Å². The second-order valence-electron chi connectivity index (χ2n) is 8.66. The van der Waals surface area contributed by atoms with Crippen LogP contribution < -0.4 is 27.0 Å². The standard InChI is InChI=1S/C23H26Cl2N6O6/c1-12(32)30-23(8-3-2-4-9-23)31-22(37)27-16(20(34)35)10-13-11-26-21(36)29-18(13)28-19(33)17-14(24)6-5-7-15(17)25/h5-7,11,16H,2-4,8-10H2,1H3,(H,30,32)(H,34,35)(H2,27,31,37)(H2,26,28,29,33,36). The SMILES string of the molecule is CC(=O)NC1(NC(=O)NC(Cc2cnc(=O)[nH]c2NC(=O)c2c(Cl)cccc2Cl)C(=O)O)CCCCC1. The van der Waals surface area contributed by atoms with Crippen molar-refractivity contribution in [3.63, 3.8) is 0 Å². The summed E-state index contributed by atoms with van der Waals surface area (Å²) in [6.07, 6.45) is 4.28. The number of benzene rings is 1. The van der Waals surface area contributed by atoms with E-state index in [0.717, 1.165) is 25.5 Å². The average molecular weight is 553 g/mol. The molecule has 1 unspecified atom stereocenters. The Kier molecular flexibility index (Phi) is 9.11. The number of rotatable bonds is 8. The molecule has 1 aromatic carbocycles. The maximum absolute atomic E-state index is 12.8. The van der Waals surface area contributed by atoms with E-state index in [1.165, 1.54) is 19.1 Å². The van der Waals surface area contributed by atoms with Crippen molar-refractivity contribution in [2.45, 2.75) is 57.2 Å². The molecular formula is C23H26Cl2N6O6. The van der Waals surface area contributed by atoms with Gasteiger partial charge in [0.1, 0.15) is 17.5 Å². The first-order chi connectivity index (χ1) is 17.5. The lowest BCUT2D eigenvalue weighted by molar-refractivity contribution is -0.139. The number of urea groups is 1. The third-order valence-corrected chi connectivity index (χ3v) is 6.45. The summed E-state index contributed by atoms with van der Waals surface area (Å²) in [7, 11) is 0. The van der Waals surface area contributed by atoms with E-state index >= 15 is 0 Å². The van der Waals surface area contributed by atoms with Crippen LogP contribution in [0.25, 0.3) is 0 Å². The first kappa shape index (κ1) is 27.9. The third kappa shape index (κ3) is 7.43.